The van der Waals surface area contributed by atoms with Gasteiger partial charge in [-0.25, -0.2) is 8.42 Å². The summed E-state index contributed by atoms with van der Waals surface area (Å²) in [5.74, 6) is -0.989. The van der Waals surface area contributed by atoms with Crippen molar-refractivity contribution in [2.75, 3.05) is 17.9 Å². The first-order valence-electron chi connectivity index (χ1n) is 9.93. The van der Waals surface area contributed by atoms with Crippen LogP contribution in [-0.2, 0) is 10.0 Å². The number of anilines is 1. The number of carbonyl (C=O) groups excluding carboxylic acids is 1. The molecule has 0 saturated heterocycles. The maximum Gasteiger partial charge on any atom is 0.573 e. The number of halogens is 3. The van der Waals surface area contributed by atoms with E-state index in [0.717, 1.165) is 16.4 Å². The third-order valence-electron chi connectivity index (χ3n) is 4.85. The number of aliphatic hydroxyl groups excluding tert-OH is 1. The van der Waals surface area contributed by atoms with Gasteiger partial charge < -0.3 is 15.2 Å². The van der Waals surface area contributed by atoms with Gasteiger partial charge in [-0.15, -0.1) is 13.2 Å². The molecule has 0 aromatic heterocycles. The second-order valence-electron chi connectivity index (χ2n) is 7.18. The van der Waals surface area contributed by atoms with E-state index in [9.17, 15) is 31.5 Å². The fraction of sp³-hybridized carbons (Fsp3) is 0.174. The molecule has 34 heavy (non-hydrogen) atoms. The van der Waals surface area contributed by atoms with Crippen LogP contribution in [0.15, 0.2) is 83.8 Å². The van der Waals surface area contributed by atoms with Crippen molar-refractivity contribution in [2.24, 2.45) is 0 Å². The van der Waals surface area contributed by atoms with Crippen LogP contribution in [0.1, 0.15) is 22.0 Å². The third-order valence-corrected chi connectivity index (χ3v) is 6.65. The molecule has 0 heterocycles. The average Bonchev–Trinajstić information content (AvgIpc) is 2.82. The number of sulfonamides is 1. The molecule has 1 amide bonds. The SMILES string of the molecule is CN(c1ccccc1)S(=O)(=O)c1ccc(C(=O)NCC(O)c2ccc(OC(F)(F)F)cc2)cc1. The van der Waals surface area contributed by atoms with E-state index in [0.29, 0.717) is 5.69 Å². The number of aliphatic hydroxyl groups is 1. The van der Waals surface area contributed by atoms with E-state index in [-0.39, 0.29) is 22.6 Å². The van der Waals surface area contributed by atoms with E-state index in [4.69, 9.17) is 0 Å². The minimum Gasteiger partial charge on any atom is -0.406 e. The lowest BCUT2D eigenvalue weighted by Gasteiger charge is -2.19. The highest BCUT2D eigenvalue weighted by molar-refractivity contribution is 7.92. The molecule has 0 spiro atoms. The van der Waals surface area contributed by atoms with Crippen molar-refractivity contribution in [3.05, 3.63) is 90.0 Å². The van der Waals surface area contributed by atoms with Gasteiger partial charge in [-0.2, -0.15) is 0 Å². The van der Waals surface area contributed by atoms with Gasteiger partial charge in [-0.1, -0.05) is 30.3 Å². The Balaban J connectivity index is 1.60. The second-order valence-corrected chi connectivity index (χ2v) is 9.14. The lowest BCUT2D eigenvalue weighted by molar-refractivity contribution is -0.274. The summed E-state index contributed by atoms with van der Waals surface area (Å²) in [5.41, 5.74) is 0.930. The number of nitrogens with one attached hydrogen (secondary N) is 1. The molecule has 0 aliphatic heterocycles. The van der Waals surface area contributed by atoms with Crippen LogP contribution in [0.25, 0.3) is 0 Å². The molecular weight excluding hydrogens is 473 g/mol. The molecule has 3 aromatic carbocycles. The van der Waals surface area contributed by atoms with E-state index < -0.39 is 34.1 Å². The summed E-state index contributed by atoms with van der Waals surface area (Å²) < 4.78 is 67.2. The minimum absolute atomic E-state index is 0.00315. The Kier molecular flexibility index (Phi) is 7.48. The zero-order chi connectivity index (χ0) is 24.9. The van der Waals surface area contributed by atoms with Gasteiger partial charge in [0.1, 0.15) is 5.75 Å². The molecule has 1 unspecified atom stereocenters. The number of alkyl halides is 3. The van der Waals surface area contributed by atoms with Gasteiger partial charge in [-0.05, 0) is 54.1 Å². The zero-order valence-electron chi connectivity index (χ0n) is 17.9. The Labute approximate surface area is 194 Å². The molecule has 11 heteroatoms. The van der Waals surface area contributed by atoms with E-state index in [1.165, 1.54) is 43.4 Å². The van der Waals surface area contributed by atoms with Crippen molar-refractivity contribution < 1.29 is 36.2 Å². The molecule has 3 aromatic rings. The number of benzene rings is 3. The predicted molar refractivity (Wildman–Crippen MR) is 119 cm³/mol. The van der Waals surface area contributed by atoms with Gasteiger partial charge in [0.25, 0.3) is 15.9 Å². The highest BCUT2D eigenvalue weighted by Gasteiger charge is 2.31. The molecule has 180 valence electrons. The van der Waals surface area contributed by atoms with Crippen LogP contribution >= 0.6 is 0 Å². The normalized spacial score (nSPS) is 12.6. The van der Waals surface area contributed by atoms with Crippen molar-refractivity contribution in [2.45, 2.75) is 17.4 Å². The second kappa shape index (κ2) is 10.1. The number of para-hydroxylation sites is 1. The monoisotopic (exact) mass is 494 g/mol. The molecule has 0 bridgehead atoms. The van der Waals surface area contributed by atoms with Crippen LogP contribution in [-0.4, -0.2) is 39.4 Å². The third kappa shape index (κ3) is 6.27. The Morgan fingerprint density at radius 1 is 1.00 bits per heavy atom. The van der Waals surface area contributed by atoms with Gasteiger partial charge in [0.2, 0.25) is 0 Å². The Morgan fingerprint density at radius 2 is 1.59 bits per heavy atom. The minimum atomic E-state index is -4.82. The number of hydrogen-bond donors (Lipinski definition) is 2. The summed E-state index contributed by atoms with van der Waals surface area (Å²) in [6.07, 6.45) is -6.00. The van der Waals surface area contributed by atoms with Crippen LogP contribution in [0, 0.1) is 0 Å². The van der Waals surface area contributed by atoms with Gasteiger partial charge in [0.15, 0.2) is 0 Å². The molecule has 3 rings (SSSR count). The first-order valence-corrected chi connectivity index (χ1v) is 11.4. The number of amides is 1. The van der Waals surface area contributed by atoms with E-state index in [1.54, 1.807) is 30.3 Å². The predicted octanol–water partition coefficient (Wildman–Crippen LogP) is 3.87. The van der Waals surface area contributed by atoms with E-state index in [1.807, 2.05) is 0 Å². The summed E-state index contributed by atoms with van der Waals surface area (Å²) >= 11 is 0. The lowest BCUT2D eigenvalue weighted by atomic mass is 10.1. The van der Waals surface area contributed by atoms with E-state index >= 15 is 0 Å². The van der Waals surface area contributed by atoms with Gasteiger partial charge in [-0.3, -0.25) is 9.10 Å². The summed E-state index contributed by atoms with van der Waals surface area (Å²) in [4.78, 5) is 12.4. The zero-order valence-corrected chi connectivity index (χ0v) is 18.7. The molecule has 0 aliphatic rings. The molecule has 7 nitrogen and oxygen atoms in total. The quantitative estimate of drug-likeness (QED) is 0.496. The Hall–Kier alpha value is -3.57. The van der Waals surface area contributed by atoms with Gasteiger partial charge >= 0.3 is 6.36 Å². The van der Waals surface area contributed by atoms with Gasteiger partial charge in [0, 0.05) is 19.2 Å². The smallest absolute Gasteiger partial charge is 0.406 e. The van der Waals surface area contributed by atoms with Crippen LogP contribution in [0.4, 0.5) is 18.9 Å². The number of rotatable bonds is 8. The lowest BCUT2D eigenvalue weighted by Crippen LogP contribution is -2.29. The van der Waals surface area contributed by atoms with Crippen molar-refractivity contribution in [3.8, 4) is 5.75 Å². The van der Waals surface area contributed by atoms with Crippen molar-refractivity contribution in [1.29, 1.82) is 0 Å². The van der Waals surface area contributed by atoms with Crippen LogP contribution in [0.5, 0.6) is 5.75 Å². The standard InChI is InChI=1S/C23H21F3N2O5S/c1-28(18-5-3-2-4-6-18)34(31,32)20-13-9-17(10-14-20)22(30)27-15-21(29)16-7-11-19(12-8-16)33-23(24,25)26/h2-14,21,29H,15H2,1H3,(H,27,30). The van der Waals surface area contributed by atoms with Crippen molar-refractivity contribution in [3.63, 3.8) is 0 Å². The summed E-state index contributed by atoms with van der Waals surface area (Å²) in [7, 11) is -2.41. The topological polar surface area (TPSA) is 95.9 Å². The maximum absolute atomic E-state index is 12.8. The highest BCUT2D eigenvalue weighted by atomic mass is 32.2. The first-order chi connectivity index (χ1) is 16.0. The molecule has 0 fully saturated rings. The number of hydrogen-bond acceptors (Lipinski definition) is 5. The number of nitrogens with zero attached hydrogens (tertiary/aromatic N) is 1. The molecule has 0 aliphatic carbocycles. The Bertz CT molecular complexity index is 1220. The first kappa shape index (κ1) is 25.1. The van der Waals surface area contributed by atoms with Crippen LogP contribution < -0.4 is 14.4 Å². The Morgan fingerprint density at radius 3 is 2.15 bits per heavy atom. The highest BCUT2D eigenvalue weighted by Crippen LogP contribution is 2.25. The fourth-order valence-corrected chi connectivity index (χ4v) is 4.21. The van der Waals surface area contributed by atoms with Crippen molar-refractivity contribution >= 4 is 21.6 Å². The van der Waals surface area contributed by atoms with Crippen LogP contribution in [0.3, 0.4) is 0 Å². The largest absolute Gasteiger partial charge is 0.573 e. The average molecular weight is 494 g/mol. The van der Waals surface area contributed by atoms with E-state index in [2.05, 4.69) is 10.1 Å². The molecule has 0 saturated carbocycles. The molecule has 0 radical (unpaired) electrons. The number of carbonyl (C=O) groups is 1. The maximum atomic E-state index is 12.8. The van der Waals surface area contributed by atoms with Gasteiger partial charge in [0.05, 0.1) is 16.7 Å². The molecular formula is C23H21F3N2O5S. The summed E-state index contributed by atoms with van der Waals surface area (Å²) in [6.45, 7) is -0.213. The fourth-order valence-electron chi connectivity index (χ4n) is 3.01. The molecule has 1 atom stereocenters. The summed E-state index contributed by atoms with van der Waals surface area (Å²) in [6, 6.07) is 18.4. The van der Waals surface area contributed by atoms with Crippen molar-refractivity contribution in [1.82, 2.24) is 5.32 Å². The number of ether oxygens (including phenoxy) is 1. The van der Waals surface area contributed by atoms with Crippen LogP contribution in [0.2, 0.25) is 0 Å². The molecule has 2 N–H and O–H groups in total. The summed E-state index contributed by atoms with van der Waals surface area (Å²) in [5, 5.41) is 12.7.